The third kappa shape index (κ3) is 8.86. The highest BCUT2D eigenvalue weighted by molar-refractivity contribution is 5.37. The zero-order valence-corrected chi connectivity index (χ0v) is 8.51. The van der Waals surface area contributed by atoms with Gasteiger partial charge in [-0.25, -0.2) is 0 Å². The molecule has 0 aromatic heterocycles. The molecule has 0 atom stereocenters. The maximum atomic E-state index is 9.83. The van der Waals surface area contributed by atoms with Gasteiger partial charge in [0.1, 0.15) is 6.61 Å². The van der Waals surface area contributed by atoms with E-state index in [-0.39, 0.29) is 0 Å². The number of allylic oxidation sites excluding steroid dienone is 2. The Morgan fingerprint density at radius 3 is 2.62 bits per heavy atom. The van der Waals surface area contributed by atoms with E-state index in [1.165, 1.54) is 11.1 Å². The van der Waals surface area contributed by atoms with Crippen molar-refractivity contribution in [1.82, 2.24) is 0 Å². The second kappa shape index (κ2) is 7.59. The molecule has 0 aliphatic carbocycles. The lowest BCUT2D eigenvalue weighted by Gasteiger charge is -2.01. The Morgan fingerprint density at radius 1 is 1.38 bits per heavy atom. The third-order valence-electron chi connectivity index (χ3n) is 1.77. The largest absolute Gasteiger partial charge is 0.464 e. The van der Waals surface area contributed by atoms with Crippen LogP contribution in [-0.4, -0.2) is 13.1 Å². The van der Waals surface area contributed by atoms with Crippen LogP contribution in [0.3, 0.4) is 0 Å². The lowest BCUT2D eigenvalue weighted by atomic mass is 10.1. The van der Waals surface area contributed by atoms with Crippen molar-refractivity contribution in [1.29, 1.82) is 0 Å². The molecule has 0 aromatic rings. The average Bonchev–Trinajstić information content (AvgIpc) is 2.04. The average molecular weight is 182 g/mol. The monoisotopic (exact) mass is 182 g/mol. The number of hydrogen-bond donors (Lipinski definition) is 0. The van der Waals surface area contributed by atoms with Gasteiger partial charge in [0.15, 0.2) is 0 Å². The molecule has 0 saturated heterocycles. The predicted molar refractivity (Wildman–Crippen MR) is 54.4 cm³/mol. The number of hydrogen-bond acceptors (Lipinski definition) is 2. The van der Waals surface area contributed by atoms with Gasteiger partial charge < -0.3 is 4.74 Å². The Bertz CT molecular complexity index is 192. The van der Waals surface area contributed by atoms with E-state index in [2.05, 4.69) is 11.3 Å². The van der Waals surface area contributed by atoms with Gasteiger partial charge in [-0.2, -0.15) is 0 Å². The summed E-state index contributed by atoms with van der Waals surface area (Å²) in [7, 11) is 0. The second-order valence-corrected chi connectivity index (χ2v) is 3.29. The van der Waals surface area contributed by atoms with Gasteiger partial charge in [0.2, 0.25) is 0 Å². The molecule has 0 aliphatic rings. The van der Waals surface area contributed by atoms with Crippen LogP contribution in [-0.2, 0) is 9.53 Å². The molecule has 2 nitrogen and oxygen atoms in total. The number of carbonyl (C=O) groups excluding carboxylic acids is 1. The van der Waals surface area contributed by atoms with Crippen LogP contribution in [0.25, 0.3) is 0 Å². The fourth-order valence-corrected chi connectivity index (χ4v) is 1.00. The zero-order valence-electron chi connectivity index (χ0n) is 8.51. The summed E-state index contributed by atoms with van der Waals surface area (Å²) in [6, 6.07) is 0. The lowest BCUT2D eigenvalue weighted by molar-refractivity contribution is -0.127. The van der Waals surface area contributed by atoms with Crippen LogP contribution < -0.4 is 0 Å². The molecule has 0 radical (unpaired) electrons. The van der Waals surface area contributed by atoms with Gasteiger partial charge in [0, 0.05) is 0 Å². The molecular formula is C11H18O2. The molecular weight excluding hydrogens is 164 g/mol. The minimum absolute atomic E-state index is 0.391. The molecule has 0 amide bonds. The van der Waals surface area contributed by atoms with Crippen molar-refractivity contribution in [2.24, 2.45) is 0 Å². The Balaban J connectivity index is 3.48. The van der Waals surface area contributed by atoms with Gasteiger partial charge in [-0.05, 0) is 39.2 Å². The van der Waals surface area contributed by atoms with Crippen molar-refractivity contribution >= 4 is 6.47 Å². The first kappa shape index (κ1) is 11.9. The number of carbonyl (C=O) groups is 1. The van der Waals surface area contributed by atoms with E-state index in [4.69, 9.17) is 0 Å². The summed E-state index contributed by atoms with van der Waals surface area (Å²) in [4.78, 5) is 9.83. The molecule has 0 saturated carbocycles. The molecule has 0 bridgehead atoms. The first-order chi connectivity index (χ1) is 6.16. The second-order valence-electron chi connectivity index (χ2n) is 3.29. The van der Waals surface area contributed by atoms with Crippen LogP contribution in [0.2, 0.25) is 0 Å². The highest BCUT2D eigenvalue weighted by Crippen LogP contribution is 2.09. The Labute approximate surface area is 80.3 Å². The Hall–Kier alpha value is -1.05. The van der Waals surface area contributed by atoms with E-state index in [0.717, 1.165) is 19.3 Å². The van der Waals surface area contributed by atoms with E-state index in [1.54, 1.807) is 0 Å². The molecule has 0 spiro atoms. The molecule has 0 aliphatic heterocycles. The van der Waals surface area contributed by atoms with Crippen molar-refractivity contribution in [2.75, 3.05) is 6.61 Å². The van der Waals surface area contributed by atoms with Gasteiger partial charge in [0.25, 0.3) is 6.47 Å². The standard InChI is InChI=1S/C11H18O2/c1-10(2)5-4-6-11(3)7-8-13-9-12/h7,9H,1,4-6,8H2,2-3H3/b11-7-. The highest BCUT2D eigenvalue weighted by atomic mass is 16.5. The van der Waals surface area contributed by atoms with Crippen molar-refractivity contribution in [3.05, 3.63) is 23.8 Å². The lowest BCUT2D eigenvalue weighted by Crippen LogP contribution is -1.88. The molecule has 0 heterocycles. The molecule has 2 heteroatoms. The van der Waals surface area contributed by atoms with E-state index in [9.17, 15) is 4.79 Å². The van der Waals surface area contributed by atoms with Crippen molar-refractivity contribution in [3.63, 3.8) is 0 Å². The summed E-state index contributed by atoms with van der Waals surface area (Å²) < 4.78 is 4.56. The van der Waals surface area contributed by atoms with Crippen molar-refractivity contribution < 1.29 is 9.53 Å². The topological polar surface area (TPSA) is 26.3 Å². The summed E-state index contributed by atoms with van der Waals surface area (Å²) in [6.45, 7) is 8.78. The molecule has 0 rings (SSSR count). The first-order valence-electron chi connectivity index (χ1n) is 4.52. The van der Waals surface area contributed by atoms with Gasteiger partial charge >= 0.3 is 0 Å². The van der Waals surface area contributed by atoms with E-state index in [0.29, 0.717) is 13.1 Å². The first-order valence-corrected chi connectivity index (χ1v) is 4.52. The van der Waals surface area contributed by atoms with Crippen molar-refractivity contribution in [2.45, 2.75) is 33.1 Å². The smallest absolute Gasteiger partial charge is 0.293 e. The normalized spacial score (nSPS) is 11.1. The van der Waals surface area contributed by atoms with Crippen LogP contribution in [0.5, 0.6) is 0 Å². The van der Waals surface area contributed by atoms with Gasteiger partial charge in [-0.3, -0.25) is 4.79 Å². The number of ether oxygens (including phenoxy) is 1. The van der Waals surface area contributed by atoms with Gasteiger partial charge in [0.05, 0.1) is 0 Å². The molecule has 13 heavy (non-hydrogen) atoms. The molecule has 0 N–H and O–H groups in total. The van der Waals surface area contributed by atoms with Crippen molar-refractivity contribution in [3.8, 4) is 0 Å². The maximum Gasteiger partial charge on any atom is 0.293 e. The van der Waals surface area contributed by atoms with Gasteiger partial charge in [-0.15, -0.1) is 6.58 Å². The fraction of sp³-hybridized carbons (Fsp3) is 0.545. The maximum absolute atomic E-state index is 9.83. The minimum Gasteiger partial charge on any atom is -0.464 e. The summed E-state index contributed by atoms with van der Waals surface area (Å²) in [5.74, 6) is 0. The highest BCUT2D eigenvalue weighted by Gasteiger charge is 1.91. The Morgan fingerprint density at radius 2 is 2.08 bits per heavy atom. The SMILES string of the molecule is C=C(C)CCC/C(C)=C\COC=O. The van der Waals surface area contributed by atoms with Gasteiger partial charge in [-0.1, -0.05) is 11.1 Å². The van der Waals surface area contributed by atoms with Crippen LogP contribution >= 0.6 is 0 Å². The van der Waals surface area contributed by atoms with Crippen LogP contribution in [0, 0.1) is 0 Å². The van der Waals surface area contributed by atoms with Crippen LogP contribution in [0.15, 0.2) is 23.8 Å². The number of rotatable bonds is 7. The minimum atomic E-state index is 0.391. The molecule has 74 valence electrons. The van der Waals surface area contributed by atoms with Crippen LogP contribution in [0.4, 0.5) is 0 Å². The summed E-state index contributed by atoms with van der Waals surface area (Å²) >= 11 is 0. The predicted octanol–water partition coefficient (Wildman–Crippen LogP) is 2.85. The molecule has 0 aromatic carbocycles. The summed E-state index contributed by atoms with van der Waals surface area (Å²) in [5.41, 5.74) is 2.49. The molecule has 0 unspecified atom stereocenters. The fourth-order valence-electron chi connectivity index (χ4n) is 1.00. The van der Waals surface area contributed by atoms with E-state index >= 15 is 0 Å². The summed E-state index contributed by atoms with van der Waals surface area (Å²) in [5, 5.41) is 0. The van der Waals surface area contributed by atoms with E-state index in [1.807, 2.05) is 19.9 Å². The van der Waals surface area contributed by atoms with E-state index < -0.39 is 0 Å². The van der Waals surface area contributed by atoms with Crippen LogP contribution in [0.1, 0.15) is 33.1 Å². The zero-order chi connectivity index (χ0) is 10.1. The third-order valence-corrected chi connectivity index (χ3v) is 1.77. The molecule has 0 fully saturated rings. The quantitative estimate of drug-likeness (QED) is 0.344. The Kier molecular flexibility index (Phi) is 6.98. The summed E-state index contributed by atoms with van der Waals surface area (Å²) in [6.07, 6.45) is 5.18.